The van der Waals surface area contributed by atoms with Gasteiger partial charge in [0.1, 0.15) is 13.6 Å². The number of hydrogen-bond donors (Lipinski definition) is 0. The third-order valence-electron chi connectivity index (χ3n) is 3.26. The first-order valence-corrected chi connectivity index (χ1v) is 5.95. The zero-order chi connectivity index (χ0) is 11.4. The average molecular weight is 218 g/mol. The first-order chi connectivity index (χ1) is 7.83. The molecule has 1 aromatic carbocycles. The summed E-state index contributed by atoms with van der Waals surface area (Å²) in [7, 11) is 3.93. The van der Waals surface area contributed by atoms with Gasteiger partial charge in [-0.1, -0.05) is 0 Å². The Labute approximate surface area is 98.4 Å². The molecule has 2 rings (SSSR count). The molecule has 0 amide bonds. The van der Waals surface area contributed by atoms with Crippen LogP contribution in [0, 0.1) is 0 Å². The Balaban J connectivity index is 1.97. The molecule has 0 aromatic heterocycles. The SMILES string of the molecule is BCN1CCN(c2ccc(OC)cc2)CC1. The van der Waals surface area contributed by atoms with E-state index in [1.54, 1.807) is 7.11 Å². The lowest BCUT2D eigenvalue weighted by Gasteiger charge is -2.35. The molecule has 0 saturated carbocycles. The van der Waals surface area contributed by atoms with Crippen molar-refractivity contribution in [2.75, 3.05) is 44.6 Å². The number of methoxy groups -OCH3 is 1. The van der Waals surface area contributed by atoms with Crippen LogP contribution in [-0.2, 0) is 0 Å². The van der Waals surface area contributed by atoms with Crippen LogP contribution < -0.4 is 9.64 Å². The molecule has 86 valence electrons. The van der Waals surface area contributed by atoms with Crippen LogP contribution in [0.3, 0.4) is 0 Å². The Morgan fingerprint density at radius 2 is 1.75 bits per heavy atom. The molecule has 0 radical (unpaired) electrons. The molecule has 1 heterocycles. The summed E-state index contributed by atoms with van der Waals surface area (Å²) in [6.07, 6.45) is 1.16. The van der Waals surface area contributed by atoms with E-state index in [-0.39, 0.29) is 0 Å². The molecule has 0 atom stereocenters. The van der Waals surface area contributed by atoms with Crippen molar-refractivity contribution in [2.24, 2.45) is 0 Å². The van der Waals surface area contributed by atoms with Gasteiger partial charge in [-0.2, -0.15) is 0 Å². The molecule has 0 unspecified atom stereocenters. The molecule has 1 fully saturated rings. The summed E-state index contributed by atoms with van der Waals surface area (Å²) in [5, 5.41) is 0. The fourth-order valence-corrected chi connectivity index (χ4v) is 2.12. The normalized spacial score (nSPS) is 17.4. The van der Waals surface area contributed by atoms with Gasteiger partial charge in [0.2, 0.25) is 0 Å². The lowest BCUT2D eigenvalue weighted by Crippen LogP contribution is -2.46. The van der Waals surface area contributed by atoms with E-state index in [1.807, 2.05) is 12.1 Å². The van der Waals surface area contributed by atoms with E-state index in [1.165, 1.54) is 18.8 Å². The van der Waals surface area contributed by atoms with Crippen LogP contribution in [-0.4, -0.2) is 52.5 Å². The molecule has 1 aliphatic heterocycles. The van der Waals surface area contributed by atoms with Crippen molar-refractivity contribution in [3.8, 4) is 5.75 Å². The van der Waals surface area contributed by atoms with E-state index in [9.17, 15) is 0 Å². The number of piperazine rings is 1. The lowest BCUT2D eigenvalue weighted by molar-refractivity contribution is 0.297. The molecule has 1 aromatic rings. The number of anilines is 1. The molecule has 1 saturated heterocycles. The van der Waals surface area contributed by atoms with Crippen LogP contribution in [0.4, 0.5) is 5.69 Å². The number of nitrogens with zero attached hydrogens (tertiary/aromatic N) is 2. The Kier molecular flexibility index (Phi) is 3.72. The number of benzene rings is 1. The van der Waals surface area contributed by atoms with Crippen LogP contribution in [0.5, 0.6) is 5.75 Å². The maximum Gasteiger partial charge on any atom is 0.119 e. The van der Waals surface area contributed by atoms with Crippen molar-refractivity contribution in [2.45, 2.75) is 0 Å². The van der Waals surface area contributed by atoms with Gasteiger partial charge in [-0.3, -0.25) is 0 Å². The van der Waals surface area contributed by atoms with Crippen molar-refractivity contribution in [1.82, 2.24) is 4.90 Å². The van der Waals surface area contributed by atoms with E-state index < -0.39 is 0 Å². The summed E-state index contributed by atoms with van der Waals surface area (Å²) in [5.74, 6) is 0.927. The highest BCUT2D eigenvalue weighted by Crippen LogP contribution is 2.20. The molecular formula is C12H19BN2O. The zero-order valence-electron chi connectivity index (χ0n) is 10.1. The minimum Gasteiger partial charge on any atom is -0.497 e. The molecule has 16 heavy (non-hydrogen) atoms. The van der Waals surface area contributed by atoms with Crippen molar-refractivity contribution in [3.05, 3.63) is 24.3 Å². The highest BCUT2D eigenvalue weighted by Gasteiger charge is 2.15. The molecule has 1 aliphatic rings. The van der Waals surface area contributed by atoms with Crippen LogP contribution in [0.1, 0.15) is 0 Å². The van der Waals surface area contributed by atoms with E-state index in [4.69, 9.17) is 4.74 Å². The van der Waals surface area contributed by atoms with Gasteiger partial charge in [0.05, 0.1) is 7.11 Å². The predicted molar refractivity (Wildman–Crippen MR) is 70.2 cm³/mol. The van der Waals surface area contributed by atoms with E-state index in [0.717, 1.165) is 25.3 Å². The second-order valence-electron chi connectivity index (χ2n) is 4.12. The maximum atomic E-state index is 5.16. The topological polar surface area (TPSA) is 15.7 Å². The minimum atomic E-state index is 0.927. The first-order valence-electron chi connectivity index (χ1n) is 5.95. The predicted octanol–water partition coefficient (Wildman–Crippen LogP) is 0.408. The first kappa shape index (κ1) is 11.3. The fourth-order valence-electron chi connectivity index (χ4n) is 2.12. The summed E-state index contributed by atoms with van der Waals surface area (Å²) in [6, 6.07) is 8.34. The van der Waals surface area contributed by atoms with Crippen molar-refractivity contribution in [3.63, 3.8) is 0 Å². The van der Waals surface area contributed by atoms with Gasteiger partial charge in [0.15, 0.2) is 0 Å². The number of ether oxygens (including phenoxy) is 1. The number of rotatable bonds is 3. The summed E-state index contributed by atoms with van der Waals surface area (Å²) in [4.78, 5) is 4.92. The Morgan fingerprint density at radius 3 is 2.25 bits per heavy atom. The third kappa shape index (κ3) is 2.50. The summed E-state index contributed by atoms with van der Waals surface area (Å²) in [5.41, 5.74) is 1.30. The second kappa shape index (κ2) is 5.26. The van der Waals surface area contributed by atoms with E-state index in [0.29, 0.717) is 0 Å². The smallest absolute Gasteiger partial charge is 0.119 e. The van der Waals surface area contributed by atoms with Crippen LogP contribution in [0.2, 0.25) is 0 Å². The van der Waals surface area contributed by atoms with Gasteiger partial charge in [-0.25, -0.2) is 0 Å². The fraction of sp³-hybridized carbons (Fsp3) is 0.500. The van der Waals surface area contributed by atoms with Gasteiger partial charge < -0.3 is 14.5 Å². The molecule has 3 nitrogen and oxygen atoms in total. The largest absolute Gasteiger partial charge is 0.497 e. The monoisotopic (exact) mass is 218 g/mol. The van der Waals surface area contributed by atoms with Crippen molar-refractivity contribution >= 4 is 13.5 Å². The van der Waals surface area contributed by atoms with Crippen molar-refractivity contribution in [1.29, 1.82) is 0 Å². The summed E-state index contributed by atoms with van der Waals surface area (Å²) < 4.78 is 5.16. The summed E-state index contributed by atoms with van der Waals surface area (Å²) in [6.45, 7) is 4.59. The Morgan fingerprint density at radius 1 is 1.12 bits per heavy atom. The molecule has 4 heteroatoms. The van der Waals surface area contributed by atoms with Crippen molar-refractivity contribution < 1.29 is 4.74 Å². The minimum absolute atomic E-state index is 0.927. The van der Waals surface area contributed by atoms with E-state index in [2.05, 4.69) is 29.8 Å². The summed E-state index contributed by atoms with van der Waals surface area (Å²) >= 11 is 0. The van der Waals surface area contributed by atoms with Gasteiger partial charge in [0, 0.05) is 31.9 Å². The second-order valence-corrected chi connectivity index (χ2v) is 4.12. The quantitative estimate of drug-likeness (QED) is 0.683. The van der Waals surface area contributed by atoms with Gasteiger partial charge in [0.25, 0.3) is 0 Å². The molecule has 0 aliphatic carbocycles. The molecule has 0 bridgehead atoms. The average Bonchev–Trinajstić information content (AvgIpc) is 2.39. The van der Waals surface area contributed by atoms with Gasteiger partial charge in [-0.15, -0.1) is 0 Å². The number of hydrogen-bond acceptors (Lipinski definition) is 3. The third-order valence-corrected chi connectivity index (χ3v) is 3.26. The van der Waals surface area contributed by atoms with Gasteiger partial charge in [-0.05, 0) is 30.7 Å². The molecule has 0 spiro atoms. The van der Waals surface area contributed by atoms with Crippen LogP contribution in [0.15, 0.2) is 24.3 Å². The van der Waals surface area contributed by atoms with Crippen LogP contribution >= 0.6 is 0 Å². The Hall–Kier alpha value is -1.16. The van der Waals surface area contributed by atoms with Gasteiger partial charge >= 0.3 is 0 Å². The van der Waals surface area contributed by atoms with Crippen LogP contribution in [0.25, 0.3) is 0 Å². The maximum absolute atomic E-state index is 5.16. The van der Waals surface area contributed by atoms with E-state index >= 15 is 0 Å². The highest BCUT2D eigenvalue weighted by molar-refractivity contribution is 6.08. The molecule has 0 N–H and O–H groups in total. The Bertz CT molecular complexity index is 320. The highest BCUT2D eigenvalue weighted by atomic mass is 16.5. The standard InChI is InChI=1S/C12H19BN2O/c1-16-12-4-2-11(3-5-12)15-8-6-14(10-13)7-9-15/h2-5H,6-10,13H2,1H3. The lowest BCUT2D eigenvalue weighted by atomic mass is 10.1. The zero-order valence-corrected chi connectivity index (χ0v) is 10.1. The molecular weight excluding hydrogens is 199 g/mol.